The Morgan fingerprint density at radius 2 is 2.45 bits per heavy atom. The highest BCUT2D eigenvalue weighted by Gasteiger charge is 2.16. The maximum atomic E-state index is 13.1. The molecule has 22 heavy (non-hydrogen) atoms. The lowest BCUT2D eigenvalue weighted by Crippen LogP contribution is -2.32. The maximum Gasteiger partial charge on any atom is 0.246 e. The second-order valence-electron chi connectivity index (χ2n) is 5.37. The molecule has 2 N–H and O–H groups in total. The molecule has 0 saturated carbocycles. The van der Waals surface area contributed by atoms with Crippen LogP contribution in [0.3, 0.4) is 0 Å². The van der Waals surface area contributed by atoms with Crippen molar-refractivity contribution < 1.29 is 18.7 Å². The van der Waals surface area contributed by atoms with E-state index >= 15 is 0 Å². The highest BCUT2D eigenvalue weighted by atomic mass is 19.1. The minimum absolute atomic E-state index is 0.0288. The normalized spacial score (nSPS) is 18.0. The van der Waals surface area contributed by atoms with Crippen molar-refractivity contribution in [3.05, 3.63) is 29.8 Å². The fourth-order valence-corrected chi connectivity index (χ4v) is 2.40. The molecular weight excluding hydrogens is 289 g/mol. The van der Waals surface area contributed by atoms with E-state index in [0.717, 1.165) is 13.0 Å². The van der Waals surface area contributed by atoms with E-state index < -0.39 is 0 Å². The molecule has 0 radical (unpaired) electrons. The van der Waals surface area contributed by atoms with E-state index in [4.69, 9.17) is 9.47 Å². The van der Waals surface area contributed by atoms with E-state index in [0.29, 0.717) is 35.9 Å². The third-order valence-electron chi connectivity index (χ3n) is 3.58. The molecule has 0 spiro atoms. The van der Waals surface area contributed by atoms with Gasteiger partial charge in [-0.1, -0.05) is 0 Å². The van der Waals surface area contributed by atoms with Gasteiger partial charge in [0.2, 0.25) is 5.91 Å². The molecule has 1 aliphatic rings. The number of aromatic nitrogens is 2. The Morgan fingerprint density at radius 3 is 3.27 bits per heavy atom. The van der Waals surface area contributed by atoms with Gasteiger partial charge in [-0.25, -0.2) is 9.37 Å². The number of hydrogen-bond acceptors (Lipinski definition) is 4. The largest absolute Gasteiger partial charge is 0.381 e. The van der Waals surface area contributed by atoms with Crippen molar-refractivity contribution in [2.45, 2.75) is 13.0 Å². The fourth-order valence-electron chi connectivity index (χ4n) is 2.40. The number of rotatable bonds is 6. The van der Waals surface area contributed by atoms with Gasteiger partial charge in [0.05, 0.1) is 17.6 Å². The first kappa shape index (κ1) is 14.9. The van der Waals surface area contributed by atoms with E-state index in [-0.39, 0.29) is 24.9 Å². The fraction of sp³-hybridized carbons (Fsp3) is 0.467. The minimum Gasteiger partial charge on any atom is -0.381 e. The average molecular weight is 307 g/mol. The predicted molar refractivity (Wildman–Crippen MR) is 77.6 cm³/mol. The molecule has 1 unspecified atom stereocenters. The number of halogens is 1. The van der Waals surface area contributed by atoms with Gasteiger partial charge in [0.25, 0.3) is 0 Å². The highest BCUT2D eigenvalue weighted by molar-refractivity contribution is 5.77. The number of nitrogens with one attached hydrogen (secondary N) is 2. The van der Waals surface area contributed by atoms with Crippen LogP contribution >= 0.6 is 0 Å². The SMILES string of the molecule is O=C(COCc1nc2ccc(F)cc2[nH]1)NCC1CCOC1. The van der Waals surface area contributed by atoms with Gasteiger partial charge in [-0.05, 0) is 24.6 Å². The van der Waals surface area contributed by atoms with Crippen LogP contribution in [-0.2, 0) is 20.9 Å². The molecule has 1 saturated heterocycles. The van der Waals surface area contributed by atoms with Gasteiger partial charge in [-0.2, -0.15) is 0 Å². The average Bonchev–Trinajstić information content (AvgIpc) is 3.13. The van der Waals surface area contributed by atoms with E-state index in [1.165, 1.54) is 12.1 Å². The zero-order valence-electron chi connectivity index (χ0n) is 12.1. The first-order valence-electron chi connectivity index (χ1n) is 7.27. The van der Waals surface area contributed by atoms with E-state index in [1.54, 1.807) is 6.07 Å². The third kappa shape index (κ3) is 3.80. The number of hydrogen-bond donors (Lipinski definition) is 2. The molecule has 1 atom stereocenters. The molecule has 0 aliphatic carbocycles. The van der Waals surface area contributed by atoms with Gasteiger partial charge in [0.1, 0.15) is 24.9 Å². The summed E-state index contributed by atoms with van der Waals surface area (Å²) in [6.45, 7) is 2.24. The zero-order chi connectivity index (χ0) is 15.4. The van der Waals surface area contributed by atoms with Crippen molar-refractivity contribution in [1.29, 1.82) is 0 Å². The first-order valence-corrected chi connectivity index (χ1v) is 7.27. The molecule has 0 bridgehead atoms. The number of imidazole rings is 1. The number of nitrogens with zero attached hydrogens (tertiary/aromatic N) is 1. The number of benzene rings is 1. The third-order valence-corrected chi connectivity index (χ3v) is 3.58. The molecule has 2 heterocycles. The van der Waals surface area contributed by atoms with Gasteiger partial charge < -0.3 is 19.8 Å². The van der Waals surface area contributed by atoms with Gasteiger partial charge in [-0.3, -0.25) is 4.79 Å². The molecule has 1 aromatic heterocycles. The molecule has 7 heteroatoms. The second-order valence-corrected chi connectivity index (χ2v) is 5.37. The van der Waals surface area contributed by atoms with Crippen LogP contribution in [0.4, 0.5) is 4.39 Å². The molecule has 6 nitrogen and oxygen atoms in total. The Kier molecular flexibility index (Phi) is 4.65. The van der Waals surface area contributed by atoms with Crippen molar-refractivity contribution in [2.24, 2.45) is 5.92 Å². The van der Waals surface area contributed by atoms with E-state index in [2.05, 4.69) is 15.3 Å². The number of carbonyl (C=O) groups excluding carboxylic acids is 1. The number of amides is 1. The Morgan fingerprint density at radius 1 is 1.55 bits per heavy atom. The number of fused-ring (bicyclic) bond motifs is 1. The monoisotopic (exact) mass is 307 g/mol. The minimum atomic E-state index is -0.320. The first-order chi connectivity index (χ1) is 10.7. The summed E-state index contributed by atoms with van der Waals surface area (Å²) < 4.78 is 23.6. The number of aromatic amines is 1. The summed E-state index contributed by atoms with van der Waals surface area (Å²) in [5.41, 5.74) is 1.29. The summed E-state index contributed by atoms with van der Waals surface area (Å²) in [5.74, 6) is 0.486. The van der Waals surface area contributed by atoms with Crippen molar-refractivity contribution in [2.75, 3.05) is 26.4 Å². The number of carbonyl (C=O) groups is 1. The lowest BCUT2D eigenvalue weighted by molar-refractivity contribution is -0.126. The molecule has 118 valence electrons. The van der Waals surface area contributed by atoms with E-state index in [9.17, 15) is 9.18 Å². The summed E-state index contributed by atoms with van der Waals surface area (Å²) in [6.07, 6.45) is 0.983. The Hall–Kier alpha value is -1.99. The molecule has 1 aliphatic heterocycles. The van der Waals surface area contributed by atoms with Crippen LogP contribution in [0.15, 0.2) is 18.2 Å². The molecule has 3 rings (SSSR count). The molecule has 1 fully saturated rings. The molecule has 1 amide bonds. The summed E-state index contributed by atoms with van der Waals surface area (Å²) in [6, 6.07) is 4.33. The van der Waals surface area contributed by atoms with Crippen LogP contribution in [0, 0.1) is 11.7 Å². The lowest BCUT2D eigenvalue weighted by atomic mass is 10.1. The van der Waals surface area contributed by atoms with Gasteiger partial charge >= 0.3 is 0 Å². The topological polar surface area (TPSA) is 76.2 Å². The van der Waals surface area contributed by atoms with Crippen molar-refractivity contribution in [3.63, 3.8) is 0 Å². The standard InChI is InChI=1S/C15H18FN3O3/c16-11-1-2-12-13(5-11)19-14(18-12)8-22-9-15(20)17-6-10-3-4-21-7-10/h1-2,5,10H,3-4,6-9H2,(H,17,20)(H,18,19). The summed E-state index contributed by atoms with van der Waals surface area (Å²) in [5, 5.41) is 2.82. The summed E-state index contributed by atoms with van der Waals surface area (Å²) >= 11 is 0. The van der Waals surface area contributed by atoms with Gasteiger partial charge in [0.15, 0.2) is 0 Å². The van der Waals surface area contributed by atoms with Crippen LogP contribution in [0.1, 0.15) is 12.2 Å². The Balaban J connectivity index is 1.42. The van der Waals surface area contributed by atoms with Crippen LogP contribution in [0.5, 0.6) is 0 Å². The molecular formula is C15H18FN3O3. The smallest absolute Gasteiger partial charge is 0.246 e. The van der Waals surface area contributed by atoms with Crippen molar-refractivity contribution >= 4 is 16.9 Å². The van der Waals surface area contributed by atoms with Crippen molar-refractivity contribution in [1.82, 2.24) is 15.3 Å². The van der Waals surface area contributed by atoms with Crippen molar-refractivity contribution in [3.8, 4) is 0 Å². The summed E-state index contributed by atoms with van der Waals surface area (Å²) in [7, 11) is 0. The predicted octanol–water partition coefficient (Wildman–Crippen LogP) is 1.37. The second kappa shape index (κ2) is 6.85. The number of ether oxygens (including phenoxy) is 2. The van der Waals surface area contributed by atoms with Gasteiger partial charge in [0, 0.05) is 19.1 Å². The lowest BCUT2D eigenvalue weighted by Gasteiger charge is -2.09. The zero-order valence-corrected chi connectivity index (χ0v) is 12.1. The van der Waals surface area contributed by atoms with Gasteiger partial charge in [-0.15, -0.1) is 0 Å². The van der Waals surface area contributed by atoms with Crippen LogP contribution in [0.25, 0.3) is 11.0 Å². The molecule has 1 aromatic carbocycles. The quantitative estimate of drug-likeness (QED) is 0.845. The summed E-state index contributed by atoms with van der Waals surface area (Å²) in [4.78, 5) is 18.9. The molecule has 2 aromatic rings. The Labute approximate surface area is 127 Å². The Bertz CT molecular complexity index is 653. The number of H-pyrrole nitrogens is 1. The van der Waals surface area contributed by atoms with E-state index in [1.807, 2.05) is 0 Å². The highest BCUT2D eigenvalue weighted by Crippen LogP contribution is 2.13. The maximum absolute atomic E-state index is 13.1. The van der Waals surface area contributed by atoms with Crippen LogP contribution in [0.2, 0.25) is 0 Å². The van der Waals surface area contributed by atoms with Crippen LogP contribution < -0.4 is 5.32 Å². The van der Waals surface area contributed by atoms with Crippen LogP contribution in [-0.4, -0.2) is 42.2 Å².